The zero-order valence-corrected chi connectivity index (χ0v) is 15.5. The van der Waals surface area contributed by atoms with Crippen LogP contribution in [0.1, 0.15) is 0 Å². The maximum Gasteiger partial charge on any atom is 0.234 e. The van der Waals surface area contributed by atoms with Crippen LogP contribution in [-0.4, -0.2) is 21.9 Å². The van der Waals surface area contributed by atoms with E-state index >= 15 is 0 Å². The third-order valence-electron chi connectivity index (χ3n) is 2.87. The van der Waals surface area contributed by atoms with Crippen molar-refractivity contribution in [1.29, 1.82) is 0 Å². The molecule has 0 atom stereocenters. The molecule has 0 aliphatic heterocycles. The molecule has 0 aliphatic rings. The predicted molar refractivity (Wildman–Crippen MR) is 101 cm³/mol. The molecule has 1 amide bonds. The molecule has 24 heavy (non-hydrogen) atoms. The lowest BCUT2D eigenvalue weighted by atomic mass is 10.3. The fourth-order valence-electron chi connectivity index (χ4n) is 1.83. The summed E-state index contributed by atoms with van der Waals surface area (Å²) in [4.78, 5) is 14.2. The Morgan fingerprint density at radius 1 is 1.17 bits per heavy atom. The number of nitrogens with one attached hydrogen (secondary N) is 1. The Morgan fingerprint density at radius 3 is 2.71 bits per heavy atom. The highest BCUT2D eigenvalue weighted by molar-refractivity contribution is 8.01. The molecule has 0 bridgehead atoms. The van der Waals surface area contributed by atoms with Crippen molar-refractivity contribution in [2.24, 2.45) is 0 Å². The Bertz CT molecular complexity index is 810. The number of rotatable bonds is 6. The van der Waals surface area contributed by atoms with Gasteiger partial charge in [0, 0.05) is 14.8 Å². The van der Waals surface area contributed by atoms with E-state index in [9.17, 15) is 4.79 Å². The van der Waals surface area contributed by atoms with E-state index < -0.39 is 0 Å². The van der Waals surface area contributed by atoms with E-state index in [0.29, 0.717) is 10.8 Å². The van der Waals surface area contributed by atoms with Crippen molar-refractivity contribution in [3.63, 3.8) is 0 Å². The van der Waals surface area contributed by atoms with Gasteiger partial charge in [-0.15, -0.1) is 10.2 Å². The summed E-state index contributed by atoms with van der Waals surface area (Å²) in [6.45, 7) is 0. The summed E-state index contributed by atoms with van der Waals surface area (Å²) in [7, 11) is 0. The van der Waals surface area contributed by atoms with E-state index in [0.717, 1.165) is 19.8 Å². The van der Waals surface area contributed by atoms with Crippen molar-refractivity contribution in [2.45, 2.75) is 14.1 Å². The standard InChI is InChI=1S/C16H12ClN3OS3/c17-11-5-7-12(8-6-11)24-14-4-2-1-3-13(14)19-15(21)9-22-16-20-18-10-23-16/h1-8,10H,9H2,(H,19,21). The molecule has 8 heteroatoms. The van der Waals surface area contributed by atoms with E-state index in [1.807, 2.05) is 48.5 Å². The van der Waals surface area contributed by atoms with Crippen LogP contribution in [0.15, 0.2) is 68.2 Å². The number of amides is 1. The Morgan fingerprint density at radius 2 is 1.96 bits per heavy atom. The van der Waals surface area contributed by atoms with Gasteiger partial charge in [-0.25, -0.2) is 0 Å². The predicted octanol–water partition coefficient (Wildman–Crippen LogP) is 5.07. The number of para-hydroxylation sites is 1. The van der Waals surface area contributed by atoms with E-state index in [2.05, 4.69) is 15.5 Å². The van der Waals surface area contributed by atoms with Gasteiger partial charge in [-0.3, -0.25) is 4.79 Å². The van der Waals surface area contributed by atoms with Crippen molar-refractivity contribution in [3.8, 4) is 0 Å². The summed E-state index contributed by atoms with van der Waals surface area (Å²) in [5, 5.41) is 11.3. The zero-order chi connectivity index (χ0) is 16.8. The highest BCUT2D eigenvalue weighted by atomic mass is 35.5. The van der Waals surface area contributed by atoms with Gasteiger partial charge in [0.15, 0.2) is 4.34 Å². The molecular weight excluding hydrogens is 382 g/mol. The first-order valence-electron chi connectivity index (χ1n) is 6.92. The van der Waals surface area contributed by atoms with Crippen LogP contribution in [0.3, 0.4) is 0 Å². The molecule has 2 aromatic carbocycles. The largest absolute Gasteiger partial charge is 0.324 e. The first-order valence-corrected chi connectivity index (χ1v) is 9.98. The molecule has 0 fully saturated rings. The third-order valence-corrected chi connectivity index (χ3v) is 6.07. The van der Waals surface area contributed by atoms with Crippen molar-refractivity contribution in [3.05, 3.63) is 59.1 Å². The van der Waals surface area contributed by atoms with Gasteiger partial charge in [-0.1, -0.05) is 58.6 Å². The van der Waals surface area contributed by atoms with Gasteiger partial charge in [0.05, 0.1) is 11.4 Å². The van der Waals surface area contributed by atoms with Crippen molar-refractivity contribution in [2.75, 3.05) is 11.1 Å². The van der Waals surface area contributed by atoms with E-state index in [-0.39, 0.29) is 5.91 Å². The molecule has 0 unspecified atom stereocenters. The van der Waals surface area contributed by atoms with E-state index in [1.165, 1.54) is 23.1 Å². The molecule has 4 nitrogen and oxygen atoms in total. The summed E-state index contributed by atoms with van der Waals surface area (Å²) >= 11 is 10.3. The Labute approximate surface area is 157 Å². The number of hydrogen-bond donors (Lipinski definition) is 1. The molecule has 1 N–H and O–H groups in total. The van der Waals surface area contributed by atoms with E-state index in [4.69, 9.17) is 11.6 Å². The fraction of sp³-hybridized carbons (Fsp3) is 0.0625. The number of hydrogen-bond acceptors (Lipinski definition) is 6. The topological polar surface area (TPSA) is 54.9 Å². The molecular formula is C16H12ClN3OS3. The van der Waals surface area contributed by atoms with Crippen LogP contribution in [0.25, 0.3) is 0 Å². The van der Waals surface area contributed by atoms with Gasteiger partial charge in [0.1, 0.15) is 5.51 Å². The van der Waals surface area contributed by atoms with Gasteiger partial charge < -0.3 is 5.32 Å². The highest BCUT2D eigenvalue weighted by Gasteiger charge is 2.09. The second-order valence-electron chi connectivity index (χ2n) is 4.59. The normalized spacial score (nSPS) is 10.5. The molecule has 3 rings (SSSR count). The molecule has 0 saturated heterocycles. The Kier molecular flexibility index (Phi) is 6.14. The molecule has 3 aromatic rings. The summed E-state index contributed by atoms with van der Waals surface area (Å²) < 4.78 is 0.786. The van der Waals surface area contributed by atoms with Crippen LogP contribution in [0.4, 0.5) is 5.69 Å². The second-order valence-corrected chi connectivity index (χ2v) is 8.20. The maximum atomic E-state index is 12.2. The number of thioether (sulfide) groups is 1. The first-order chi connectivity index (χ1) is 11.7. The summed E-state index contributed by atoms with van der Waals surface area (Å²) in [5.41, 5.74) is 2.44. The first kappa shape index (κ1) is 17.3. The van der Waals surface area contributed by atoms with Gasteiger partial charge in [-0.05, 0) is 36.4 Å². The third kappa shape index (κ3) is 4.98. The second kappa shape index (κ2) is 8.53. The summed E-state index contributed by atoms with van der Waals surface area (Å²) in [5.74, 6) is 0.231. The average Bonchev–Trinajstić information content (AvgIpc) is 3.10. The number of aromatic nitrogens is 2. The van der Waals surface area contributed by atoms with Crippen LogP contribution < -0.4 is 5.32 Å². The Hall–Kier alpha value is -1.54. The number of carbonyl (C=O) groups excluding carboxylic acids is 1. The lowest BCUT2D eigenvalue weighted by molar-refractivity contribution is -0.113. The van der Waals surface area contributed by atoms with Crippen LogP contribution in [0, 0.1) is 0 Å². The zero-order valence-electron chi connectivity index (χ0n) is 12.3. The highest BCUT2D eigenvalue weighted by Crippen LogP contribution is 2.34. The molecule has 122 valence electrons. The minimum atomic E-state index is -0.0700. The average molecular weight is 394 g/mol. The smallest absolute Gasteiger partial charge is 0.234 e. The number of carbonyl (C=O) groups is 1. The minimum absolute atomic E-state index is 0.0700. The van der Waals surface area contributed by atoms with Gasteiger partial charge in [0.25, 0.3) is 0 Å². The molecule has 0 aliphatic carbocycles. The monoisotopic (exact) mass is 393 g/mol. The van der Waals surface area contributed by atoms with Gasteiger partial charge in [-0.2, -0.15) is 0 Å². The van der Waals surface area contributed by atoms with Crippen molar-refractivity contribution >= 4 is 58.1 Å². The fourth-order valence-corrected chi connectivity index (χ4v) is 4.14. The molecule has 0 spiro atoms. The number of nitrogens with zero attached hydrogens (tertiary/aromatic N) is 2. The van der Waals surface area contributed by atoms with Crippen LogP contribution in [-0.2, 0) is 4.79 Å². The van der Waals surface area contributed by atoms with Gasteiger partial charge in [0.2, 0.25) is 5.91 Å². The number of halogens is 1. The van der Waals surface area contributed by atoms with Crippen LogP contribution in [0.5, 0.6) is 0 Å². The van der Waals surface area contributed by atoms with Crippen molar-refractivity contribution in [1.82, 2.24) is 10.2 Å². The number of benzene rings is 2. The lowest BCUT2D eigenvalue weighted by Gasteiger charge is -2.10. The van der Waals surface area contributed by atoms with Crippen LogP contribution in [0.2, 0.25) is 5.02 Å². The summed E-state index contributed by atoms with van der Waals surface area (Å²) in [6, 6.07) is 15.3. The van der Waals surface area contributed by atoms with Gasteiger partial charge >= 0.3 is 0 Å². The quantitative estimate of drug-likeness (QED) is 0.592. The molecule has 0 saturated carbocycles. The SMILES string of the molecule is O=C(CSc1nncs1)Nc1ccccc1Sc1ccc(Cl)cc1. The van der Waals surface area contributed by atoms with E-state index in [1.54, 1.807) is 17.3 Å². The number of anilines is 1. The minimum Gasteiger partial charge on any atom is -0.324 e. The van der Waals surface area contributed by atoms with Crippen molar-refractivity contribution < 1.29 is 4.79 Å². The molecule has 1 heterocycles. The maximum absolute atomic E-state index is 12.2. The molecule has 1 aromatic heterocycles. The lowest BCUT2D eigenvalue weighted by Crippen LogP contribution is -2.14. The Balaban J connectivity index is 1.65. The molecule has 0 radical (unpaired) electrons. The summed E-state index contributed by atoms with van der Waals surface area (Å²) in [6.07, 6.45) is 0. The van der Waals surface area contributed by atoms with Crippen LogP contribution >= 0.6 is 46.5 Å².